The summed E-state index contributed by atoms with van der Waals surface area (Å²) in [6.07, 6.45) is 0. The van der Waals surface area contributed by atoms with Crippen molar-refractivity contribution in [1.29, 1.82) is 0 Å². The van der Waals surface area contributed by atoms with Gasteiger partial charge in [-0.15, -0.1) is 0 Å². The molecule has 2 rings (SSSR count). The summed E-state index contributed by atoms with van der Waals surface area (Å²) in [6.45, 7) is 11.3. The third-order valence-corrected chi connectivity index (χ3v) is 4.06. The standard InChI is InChI=1S/C17H25FN2O/c1-12(2)9-20-13(3)10-19(11-14(20)4)17(21)15-5-7-16(18)8-6-15/h5-8,12-14H,9-11H2,1-4H3/t13-,14+. The summed E-state index contributed by atoms with van der Waals surface area (Å²) in [5, 5.41) is 0. The van der Waals surface area contributed by atoms with Gasteiger partial charge in [0.15, 0.2) is 0 Å². The number of hydrogen-bond acceptors (Lipinski definition) is 2. The summed E-state index contributed by atoms with van der Waals surface area (Å²) >= 11 is 0. The van der Waals surface area contributed by atoms with Crippen molar-refractivity contribution in [3.8, 4) is 0 Å². The highest BCUT2D eigenvalue weighted by Gasteiger charge is 2.32. The molecule has 0 N–H and O–H groups in total. The second-order valence-electron chi connectivity index (χ2n) is 6.51. The SMILES string of the molecule is CC(C)CN1[C@H](C)CN(C(=O)c2ccc(F)cc2)C[C@@H]1C. The van der Waals surface area contributed by atoms with E-state index in [-0.39, 0.29) is 11.7 Å². The minimum Gasteiger partial charge on any atom is -0.336 e. The molecule has 0 aliphatic carbocycles. The average Bonchev–Trinajstić information content (AvgIpc) is 2.42. The molecule has 0 spiro atoms. The Balaban J connectivity index is 2.06. The lowest BCUT2D eigenvalue weighted by Gasteiger charge is -2.45. The molecule has 1 aromatic carbocycles. The first kappa shape index (κ1) is 16.0. The first-order chi connectivity index (χ1) is 9.88. The van der Waals surface area contributed by atoms with Crippen LogP contribution >= 0.6 is 0 Å². The second-order valence-corrected chi connectivity index (χ2v) is 6.51. The van der Waals surface area contributed by atoms with E-state index in [1.165, 1.54) is 12.1 Å². The highest BCUT2D eigenvalue weighted by Crippen LogP contribution is 2.19. The number of amides is 1. The number of piperazine rings is 1. The lowest BCUT2D eigenvalue weighted by molar-refractivity contribution is 0.0257. The normalized spacial score (nSPS) is 23.6. The molecule has 0 bridgehead atoms. The molecule has 1 aliphatic heterocycles. The first-order valence-electron chi connectivity index (χ1n) is 7.69. The molecular formula is C17H25FN2O. The molecule has 1 heterocycles. The molecule has 0 unspecified atom stereocenters. The van der Waals surface area contributed by atoms with Crippen LogP contribution in [0.4, 0.5) is 4.39 Å². The molecule has 2 atom stereocenters. The largest absolute Gasteiger partial charge is 0.336 e. The van der Waals surface area contributed by atoms with Gasteiger partial charge in [0, 0.05) is 37.3 Å². The van der Waals surface area contributed by atoms with Gasteiger partial charge in [0.05, 0.1) is 0 Å². The lowest BCUT2D eigenvalue weighted by Crippen LogP contribution is -2.58. The van der Waals surface area contributed by atoms with Crippen LogP contribution in [0.25, 0.3) is 0 Å². The van der Waals surface area contributed by atoms with Gasteiger partial charge < -0.3 is 4.90 Å². The van der Waals surface area contributed by atoms with Crippen molar-refractivity contribution in [2.75, 3.05) is 19.6 Å². The molecular weight excluding hydrogens is 267 g/mol. The van der Waals surface area contributed by atoms with Gasteiger partial charge in [-0.25, -0.2) is 4.39 Å². The monoisotopic (exact) mass is 292 g/mol. The van der Waals surface area contributed by atoms with Crippen molar-refractivity contribution in [2.45, 2.75) is 39.8 Å². The Bertz CT molecular complexity index is 474. The molecule has 0 radical (unpaired) electrons. The fourth-order valence-electron chi connectivity index (χ4n) is 3.08. The van der Waals surface area contributed by atoms with E-state index in [1.807, 2.05) is 4.90 Å². The molecule has 0 saturated carbocycles. The van der Waals surface area contributed by atoms with Crippen LogP contribution in [0, 0.1) is 11.7 Å². The van der Waals surface area contributed by atoms with Gasteiger partial charge in [-0.05, 0) is 44.0 Å². The van der Waals surface area contributed by atoms with E-state index in [2.05, 4.69) is 32.6 Å². The molecule has 1 saturated heterocycles. The summed E-state index contributed by atoms with van der Waals surface area (Å²) < 4.78 is 13.0. The Morgan fingerprint density at radius 2 is 1.71 bits per heavy atom. The Hall–Kier alpha value is -1.42. The Labute approximate surface area is 126 Å². The van der Waals surface area contributed by atoms with Crippen LogP contribution in [-0.2, 0) is 0 Å². The molecule has 4 heteroatoms. The predicted octanol–water partition coefficient (Wildman–Crippen LogP) is 3.02. The molecule has 0 aromatic heterocycles. The number of rotatable bonds is 3. The number of halogens is 1. The van der Waals surface area contributed by atoms with Crippen LogP contribution in [0.2, 0.25) is 0 Å². The van der Waals surface area contributed by atoms with E-state index in [0.29, 0.717) is 23.6 Å². The maximum Gasteiger partial charge on any atom is 0.253 e. The van der Waals surface area contributed by atoms with Crippen molar-refractivity contribution < 1.29 is 9.18 Å². The quantitative estimate of drug-likeness (QED) is 0.855. The molecule has 3 nitrogen and oxygen atoms in total. The van der Waals surface area contributed by atoms with Crippen molar-refractivity contribution in [1.82, 2.24) is 9.80 Å². The van der Waals surface area contributed by atoms with Gasteiger partial charge in [0.2, 0.25) is 0 Å². The van der Waals surface area contributed by atoms with E-state index >= 15 is 0 Å². The van der Waals surface area contributed by atoms with Crippen molar-refractivity contribution in [2.24, 2.45) is 5.92 Å². The third kappa shape index (κ3) is 3.82. The van der Waals surface area contributed by atoms with Crippen LogP contribution in [-0.4, -0.2) is 47.4 Å². The smallest absolute Gasteiger partial charge is 0.253 e. The molecule has 1 aliphatic rings. The fourth-order valence-corrected chi connectivity index (χ4v) is 3.08. The zero-order chi connectivity index (χ0) is 15.6. The zero-order valence-corrected chi connectivity index (χ0v) is 13.3. The maximum absolute atomic E-state index is 13.0. The highest BCUT2D eigenvalue weighted by atomic mass is 19.1. The summed E-state index contributed by atoms with van der Waals surface area (Å²) in [5.41, 5.74) is 0.563. The summed E-state index contributed by atoms with van der Waals surface area (Å²) in [6, 6.07) is 6.51. The minimum atomic E-state index is -0.310. The van der Waals surface area contributed by atoms with E-state index in [0.717, 1.165) is 19.6 Å². The van der Waals surface area contributed by atoms with Crippen molar-refractivity contribution in [3.63, 3.8) is 0 Å². The van der Waals surface area contributed by atoms with Gasteiger partial charge in [0.25, 0.3) is 5.91 Å². The molecule has 116 valence electrons. The molecule has 1 aromatic rings. The third-order valence-electron chi connectivity index (χ3n) is 4.06. The van der Waals surface area contributed by atoms with Gasteiger partial charge in [-0.2, -0.15) is 0 Å². The van der Waals surface area contributed by atoms with Gasteiger partial charge in [0.1, 0.15) is 5.82 Å². The first-order valence-corrected chi connectivity index (χ1v) is 7.69. The number of benzene rings is 1. The Morgan fingerprint density at radius 1 is 1.19 bits per heavy atom. The summed E-state index contributed by atoms with van der Waals surface area (Å²) in [5.74, 6) is 0.308. The average molecular weight is 292 g/mol. The summed E-state index contributed by atoms with van der Waals surface area (Å²) in [4.78, 5) is 16.9. The predicted molar refractivity (Wildman–Crippen MR) is 82.8 cm³/mol. The lowest BCUT2D eigenvalue weighted by atomic mass is 10.0. The zero-order valence-electron chi connectivity index (χ0n) is 13.3. The number of nitrogens with zero attached hydrogens (tertiary/aromatic N) is 2. The van der Waals surface area contributed by atoms with Crippen LogP contribution in [0.5, 0.6) is 0 Å². The Kier molecular flexibility index (Phi) is 4.99. The van der Waals surface area contributed by atoms with Crippen LogP contribution in [0.3, 0.4) is 0 Å². The number of carbonyl (C=O) groups is 1. The van der Waals surface area contributed by atoms with E-state index < -0.39 is 0 Å². The van der Waals surface area contributed by atoms with Gasteiger partial charge in [-0.1, -0.05) is 13.8 Å². The highest BCUT2D eigenvalue weighted by molar-refractivity contribution is 5.94. The molecule has 1 fully saturated rings. The topological polar surface area (TPSA) is 23.6 Å². The minimum absolute atomic E-state index is 0.00195. The van der Waals surface area contributed by atoms with E-state index in [4.69, 9.17) is 0 Å². The van der Waals surface area contributed by atoms with Crippen LogP contribution < -0.4 is 0 Å². The van der Waals surface area contributed by atoms with Gasteiger partial charge >= 0.3 is 0 Å². The fraction of sp³-hybridized carbons (Fsp3) is 0.588. The maximum atomic E-state index is 13.0. The second kappa shape index (κ2) is 6.56. The van der Waals surface area contributed by atoms with Gasteiger partial charge in [-0.3, -0.25) is 9.69 Å². The molecule has 21 heavy (non-hydrogen) atoms. The van der Waals surface area contributed by atoms with Crippen molar-refractivity contribution >= 4 is 5.91 Å². The number of hydrogen-bond donors (Lipinski definition) is 0. The summed E-state index contributed by atoms with van der Waals surface area (Å²) in [7, 11) is 0. The Morgan fingerprint density at radius 3 is 2.19 bits per heavy atom. The van der Waals surface area contributed by atoms with Crippen LogP contribution in [0.1, 0.15) is 38.1 Å². The number of carbonyl (C=O) groups excluding carboxylic acids is 1. The van der Waals surface area contributed by atoms with Crippen molar-refractivity contribution in [3.05, 3.63) is 35.6 Å². The van der Waals surface area contributed by atoms with Crippen LogP contribution in [0.15, 0.2) is 24.3 Å². The van der Waals surface area contributed by atoms with E-state index in [1.54, 1.807) is 12.1 Å². The van der Waals surface area contributed by atoms with E-state index in [9.17, 15) is 9.18 Å². The molecule has 1 amide bonds.